The Morgan fingerprint density at radius 3 is 2.56 bits per heavy atom. The predicted molar refractivity (Wildman–Crippen MR) is 99.2 cm³/mol. The molecular weight excluding hydrogens is 397 g/mol. The molecule has 2 aromatic carbocycles. The largest absolute Gasteiger partial charge is 0.323 e. The van der Waals surface area contributed by atoms with Gasteiger partial charge in [0.25, 0.3) is 0 Å². The van der Waals surface area contributed by atoms with E-state index < -0.39 is 45.6 Å². The number of nitrogens with one attached hydrogen (secondary N) is 1. The van der Waals surface area contributed by atoms with Crippen molar-refractivity contribution in [3.63, 3.8) is 0 Å². The summed E-state index contributed by atoms with van der Waals surface area (Å²) in [5.41, 5.74) is 1.01. The van der Waals surface area contributed by atoms with Crippen molar-refractivity contribution in [2.45, 2.75) is 5.75 Å². The van der Waals surface area contributed by atoms with E-state index in [9.17, 15) is 22.2 Å². The summed E-state index contributed by atoms with van der Waals surface area (Å²) in [5, 5.41) is 4.63. The molecule has 1 amide bonds. The summed E-state index contributed by atoms with van der Waals surface area (Å²) in [4.78, 5) is 16.3. The van der Waals surface area contributed by atoms with E-state index in [1.165, 1.54) is 11.3 Å². The third-order valence-corrected chi connectivity index (χ3v) is 5.62. The SMILES string of the molecule is O=C(C[S@](=O)Cc1csc(-c2ccccc2)n1)Nc1ccc(F)c(F)c1F. The first-order valence-electron chi connectivity index (χ1n) is 7.72. The van der Waals surface area contributed by atoms with Crippen LogP contribution in [0.5, 0.6) is 0 Å². The van der Waals surface area contributed by atoms with Gasteiger partial charge in [-0.3, -0.25) is 9.00 Å². The molecule has 140 valence electrons. The first-order valence-corrected chi connectivity index (χ1v) is 10.1. The minimum absolute atomic E-state index is 0.0526. The Bertz CT molecular complexity index is 994. The number of aromatic nitrogens is 1. The molecule has 4 nitrogen and oxygen atoms in total. The van der Waals surface area contributed by atoms with Crippen molar-refractivity contribution in [1.82, 2.24) is 4.98 Å². The number of thiazole rings is 1. The average Bonchev–Trinajstić information content (AvgIpc) is 3.11. The third kappa shape index (κ3) is 4.81. The van der Waals surface area contributed by atoms with Crippen molar-refractivity contribution in [1.29, 1.82) is 0 Å². The molecule has 3 aromatic rings. The molecule has 0 aliphatic rings. The summed E-state index contributed by atoms with van der Waals surface area (Å²) in [6, 6.07) is 11.1. The van der Waals surface area contributed by atoms with Gasteiger partial charge in [-0.25, -0.2) is 18.2 Å². The first-order chi connectivity index (χ1) is 12.9. The van der Waals surface area contributed by atoms with E-state index in [1.807, 2.05) is 30.3 Å². The number of carbonyl (C=O) groups is 1. The second-order valence-corrected chi connectivity index (χ2v) is 7.82. The zero-order valence-corrected chi connectivity index (χ0v) is 15.4. The number of rotatable bonds is 6. The molecule has 1 heterocycles. The Morgan fingerprint density at radius 1 is 1.07 bits per heavy atom. The van der Waals surface area contributed by atoms with Crippen LogP contribution in [0.15, 0.2) is 47.8 Å². The lowest BCUT2D eigenvalue weighted by Gasteiger charge is -2.07. The number of amides is 1. The summed E-state index contributed by atoms with van der Waals surface area (Å²) in [7, 11) is -1.59. The second kappa shape index (κ2) is 8.45. The van der Waals surface area contributed by atoms with E-state index in [4.69, 9.17) is 0 Å². The highest BCUT2D eigenvalue weighted by molar-refractivity contribution is 7.84. The number of anilines is 1. The van der Waals surface area contributed by atoms with Crippen LogP contribution in [-0.2, 0) is 21.3 Å². The topological polar surface area (TPSA) is 59.1 Å². The minimum atomic E-state index is -1.68. The third-order valence-electron chi connectivity index (χ3n) is 3.48. The molecule has 1 atom stereocenters. The fourth-order valence-corrected chi connectivity index (χ4v) is 4.13. The highest BCUT2D eigenvalue weighted by Gasteiger charge is 2.17. The fourth-order valence-electron chi connectivity index (χ4n) is 2.26. The second-order valence-electron chi connectivity index (χ2n) is 5.51. The van der Waals surface area contributed by atoms with Crippen molar-refractivity contribution < 1.29 is 22.2 Å². The molecule has 0 saturated heterocycles. The molecular formula is C18H13F3N2O2S2. The lowest BCUT2D eigenvalue weighted by Crippen LogP contribution is -2.21. The normalized spacial score (nSPS) is 12.0. The monoisotopic (exact) mass is 410 g/mol. The molecule has 27 heavy (non-hydrogen) atoms. The summed E-state index contributed by atoms with van der Waals surface area (Å²) in [6.07, 6.45) is 0. The zero-order chi connectivity index (χ0) is 19.4. The maximum Gasteiger partial charge on any atom is 0.237 e. The Hall–Kier alpha value is -2.52. The maximum atomic E-state index is 13.6. The molecule has 0 saturated carbocycles. The van der Waals surface area contributed by atoms with E-state index in [0.29, 0.717) is 11.8 Å². The highest BCUT2D eigenvalue weighted by Crippen LogP contribution is 2.24. The van der Waals surface area contributed by atoms with Gasteiger partial charge in [0.1, 0.15) is 10.8 Å². The quantitative estimate of drug-likeness (QED) is 0.622. The molecule has 0 radical (unpaired) electrons. The van der Waals surface area contributed by atoms with Crippen molar-refractivity contribution >= 4 is 33.7 Å². The van der Waals surface area contributed by atoms with E-state index in [-0.39, 0.29) is 5.75 Å². The number of nitrogens with zero attached hydrogens (tertiary/aromatic N) is 1. The zero-order valence-electron chi connectivity index (χ0n) is 13.7. The molecule has 0 aliphatic carbocycles. The summed E-state index contributed by atoms with van der Waals surface area (Å²) >= 11 is 1.40. The molecule has 3 rings (SSSR count). The smallest absolute Gasteiger partial charge is 0.237 e. The van der Waals surface area contributed by atoms with Gasteiger partial charge in [0.05, 0.1) is 17.1 Å². The van der Waals surface area contributed by atoms with Gasteiger partial charge < -0.3 is 5.32 Å². The van der Waals surface area contributed by atoms with Gasteiger partial charge in [-0.05, 0) is 12.1 Å². The number of halogens is 3. The molecule has 0 spiro atoms. The van der Waals surface area contributed by atoms with Crippen LogP contribution in [0.25, 0.3) is 10.6 Å². The van der Waals surface area contributed by atoms with Crippen molar-refractivity contribution in [2.24, 2.45) is 0 Å². The van der Waals surface area contributed by atoms with E-state index in [1.54, 1.807) is 5.38 Å². The molecule has 0 bridgehead atoms. The van der Waals surface area contributed by atoms with Crippen LogP contribution in [0.1, 0.15) is 5.69 Å². The van der Waals surface area contributed by atoms with E-state index in [0.717, 1.165) is 16.6 Å². The lowest BCUT2D eigenvalue weighted by molar-refractivity contribution is -0.113. The van der Waals surface area contributed by atoms with Crippen LogP contribution >= 0.6 is 11.3 Å². The van der Waals surface area contributed by atoms with Crippen LogP contribution in [0.4, 0.5) is 18.9 Å². The minimum Gasteiger partial charge on any atom is -0.323 e. The molecule has 1 aromatic heterocycles. The first kappa shape index (κ1) is 19.2. The Kier molecular flexibility index (Phi) is 6.02. The fraction of sp³-hybridized carbons (Fsp3) is 0.111. The van der Waals surface area contributed by atoms with Gasteiger partial charge in [0.2, 0.25) is 5.91 Å². The molecule has 1 N–H and O–H groups in total. The van der Waals surface area contributed by atoms with Gasteiger partial charge >= 0.3 is 0 Å². The number of hydrogen-bond acceptors (Lipinski definition) is 4. The lowest BCUT2D eigenvalue weighted by atomic mass is 10.2. The Balaban J connectivity index is 1.59. The number of hydrogen-bond donors (Lipinski definition) is 1. The Morgan fingerprint density at radius 2 is 1.81 bits per heavy atom. The van der Waals surface area contributed by atoms with Crippen LogP contribution in [-0.4, -0.2) is 20.9 Å². The number of carbonyl (C=O) groups excluding carboxylic acids is 1. The average molecular weight is 410 g/mol. The molecule has 0 aliphatic heterocycles. The van der Waals surface area contributed by atoms with Crippen LogP contribution in [0.3, 0.4) is 0 Å². The summed E-state index contributed by atoms with van der Waals surface area (Å²) in [6.45, 7) is 0. The van der Waals surface area contributed by atoms with Gasteiger partial charge in [-0.2, -0.15) is 0 Å². The maximum absolute atomic E-state index is 13.6. The van der Waals surface area contributed by atoms with E-state index in [2.05, 4.69) is 10.3 Å². The van der Waals surface area contributed by atoms with Crippen LogP contribution in [0, 0.1) is 17.5 Å². The highest BCUT2D eigenvalue weighted by atomic mass is 32.2. The van der Waals surface area contributed by atoms with Gasteiger partial charge in [-0.15, -0.1) is 11.3 Å². The van der Waals surface area contributed by atoms with Crippen molar-refractivity contribution in [3.8, 4) is 10.6 Å². The molecule has 0 fully saturated rings. The predicted octanol–water partition coefficient (Wildman–Crippen LogP) is 4.11. The van der Waals surface area contributed by atoms with Gasteiger partial charge in [0.15, 0.2) is 17.5 Å². The summed E-state index contributed by atoms with van der Waals surface area (Å²) in [5.74, 6) is -5.66. The van der Waals surface area contributed by atoms with Crippen molar-refractivity contribution in [2.75, 3.05) is 11.1 Å². The number of benzene rings is 2. The van der Waals surface area contributed by atoms with Gasteiger partial charge in [0, 0.05) is 21.7 Å². The summed E-state index contributed by atoms with van der Waals surface area (Å²) < 4.78 is 51.8. The van der Waals surface area contributed by atoms with Crippen LogP contribution in [0.2, 0.25) is 0 Å². The Labute approximate surface area is 159 Å². The van der Waals surface area contributed by atoms with Crippen molar-refractivity contribution in [3.05, 3.63) is 71.0 Å². The van der Waals surface area contributed by atoms with Gasteiger partial charge in [-0.1, -0.05) is 30.3 Å². The molecule has 9 heteroatoms. The standard InChI is InChI=1S/C18H13F3N2O2S2/c19-13-6-7-14(17(21)16(13)20)23-15(24)10-27(25)9-12-8-26-18(22-12)11-4-2-1-3-5-11/h1-8H,9-10H2,(H,23,24)/t27-/m1/s1. The molecule has 0 unspecified atom stereocenters. The van der Waals surface area contributed by atoms with E-state index >= 15 is 0 Å². The van der Waals surface area contributed by atoms with Crippen LogP contribution < -0.4 is 5.32 Å².